The maximum atomic E-state index is 12.3. The molecule has 0 spiro atoms. The highest BCUT2D eigenvalue weighted by molar-refractivity contribution is 6.08. The van der Waals surface area contributed by atoms with Crippen molar-refractivity contribution in [3.05, 3.63) is 65.7 Å². The van der Waals surface area contributed by atoms with Gasteiger partial charge in [0.05, 0.1) is 31.0 Å². The fourth-order valence-corrected chi connectivity index (χ4v) is 2.61. The zero-order valence-electron chi connectivity index (χ0n) is 15.6. The van der Waals surface area contributed by atoms with Gasteiger partial charge in [0, 0.05) is 0 Å². The third-order valence-electron chi connectivity index (χ3n) is 4.00. The van der Waals surface area contributed by atoms with Crippen LogP contribution in [0.3, 0.4) is 0 Å². The molecule has 0 aromatic heterocycles. The maximum absolute atomic E-state index is 12.3. The van der Waals surface area contributed by atoms with E-state index in [1.54, 1.807) is 24.4 Å². The van der Waals surface area contributed by atoms with Crippen molar-refractivity contribution in [2.75, 3.05) is 12.4 Å². The largest absolute Gasteiger partial charge is 0.465 e. The summed E-state index contributed by atoms with van der Waals surface area (Å²) in [6.07, 6.45) is 1.40. The summed E-state index contributed by atoms with van der Waals surface area (Å²) < 4.78 is 4.69. The van der Waals surface area contributed by atoms with Crippen molar-refractivity contribution in [2.45, 2.75) is 12.5 Å². The molecule has 3 N–H and O–H groups in total. The number of hydrogen-bond acceptors (Lipinski definition) is 7. The van der Waals surface area contributed by atoms with Crippen LogP contribution in [0.25, 0.3) is 0 Å². The molecule has 0 aliphatic carbocycles. The van der Waals surface area contributed by atoms with E-state index >= 15 is 0 Å². The Kier molecular flexibility index (Phi) is 6.31. The number of esters is 1. The number of anilines is 1. The number of nitrogens with zero attached hydrogens (tertiary/aromatic N) is 2. The average Bonchev–Trinajstić information content (AvgIpc) is 3.07. The highest BCUT2D eigenvalue weighted by atomic mass is 16.5. The molecule has 9 heteroatoms. The van der Waals surface area contributed by atoms with Crippen LogP contribution in [-0.2, 0) is 14.3 Å². The van der Waals surface area contributed by atoms with Gasteiger partial charge in [-0.2, -0.15) is 5.10 Å². The normalized spacial score (nSPS) is 15.6. The number of benzene rings is 2. The zero-order valence-corrected chi connectivity index (χ0v) is 15.6. The third kappa shape index (κ3) is 5.25. The number of rotatable bonds is 6. The lowest BCUT2D eigenvalue weighted by Gasteiger charge is -2.10. The lowest BCUT2D eigenvalue weighted by atomic mass is 10.1. The first kappa shape index (κ1) is 19.7. The van der Waals surface area contributed by atoms with Gasteiger partial charge in [0.2, 0.25) is 11.9 Å². The first-order chi connectivity index (χ1) is 14.1. The number of carbonyl (C=O) groups excluding carboxylic acids is 3. The van der Waals surface area contributed by atoms with Gasteiger partial charge < -0.3 is 10.1 Å². The molecule has 1 aliphatic heterocycles. The number of nitrogens with one attached hydrogen (secondary N) is 3. The Morgan fingerprint density at radius 2 is 1.90 bits per heavy atom. The summed E-state index contributed by atoms with van der Waals surface area (Å²) in [6, 6.07) is 15.0. The number of aliphatic imine (C=N–C) groups is 1. The minimum atomic E-state index is -0.894. The summed E-state index contributed by atoms with van der Waals surface area (Å²) in [4.78, 5) is 40.3. The van der Waals surface area contributed by atoms with Gasteiger partial charge in [-0.15, -0.1) is 0 Å². The van der Waals surface area contributed by atoms with Gasteiger partial charge >= 0.3 is 5.97 Å². The molecular formula is C20H19N5O4. The lowest BCUT2D eigenvalue weighted by Crippen LogP contribution is -2.35. The molecule has 3 rings (SSSR count). The highest BCUT2D eigenvalue weighted by Gasteiger charge is 2.29. The van der Waals surface area contributed by atoms with Crippen molar-refractivity contribution in [3.8, 4) is 0 Å². The summed E-state index contributed by atoms with van der Waals surface area (Å²) >= 11 is 0. The number of amides is 2. The summed E-state index contributed by atoms with van der Waals surface area (Å²) in [5.41, 5.74) is 4.05. The van der Waals surface area contributed by atoms with E-state index in [-0.39, 0.29) is 17.9 Å². The average molecular weight is 393 g/mol. The molecule has 1 atom stereocenters. The fraction of sp³-hybridized carbons (Fsp3) is 0.150. The smallest absolute Gasteiger partial charge is 0.339 e. The number of guanidine groups is 1. The lowest BCUT2D eigenvalue weighted by molar-refractivity contribution is -0.123. The molecule has 0 bridgehead atoms. The SMILES string of the molecule is COC(=O)c1ccccc1NC(=O)C[C@@H]1N=C(N/N=C\c2ccccc2)NC1=O. The standard InChI is InChI=1S/C20H19N5O4/c1-29-19(28)14-9-5-6-10-15(14)22-17(26)11-16-18(27)24-20(23-16)25-21-12-13-7-3-2-4-8-13/h2-10,12,16H,11H2,1H3,(H,22,26)(H2,23,24,25,27)/b21-12-/t16-/m0/s1. The van der Waals surface area contributed by atoms with Crippen molar-refractivity contribution in [1.82, 2.24) is 10.7 Å². The van der Waals surface area contributed by atoms with Crippen LogP contribution in [0, 0.1) is 0 Å². The molecule has 0 radical (unpaired) electrons. The molecule has 2 aromatic rings. The van der Waals surface area contributed by atoms with E-state index in [9.17, 15) is 14.4 Å². The third-order valence-corrected chi connectivity index (χ3v) is 4.00. The Balaban J connectivity index is 1.58. The first-order valence-electron chi connectivity index (χ1n) is 8.77. The van der Waals surface area contributed by atoms with Crippen molar-refractivity contribution in [1.29, 1.82) is 0 Å². The maximum Gasteiger partial charge on any atom is 0.339 e. The Labute approximate surface area is 166 Å². The van der Waals surface area contributed by atoms with Crippen LogP contribution in [0.5, 0.6) is 0 Å². The molecule has 2 aromatic carbocycles. The topological polar surface area (TPSA) is 121 Å². The molecule has 1 aliphatic rings. The number of carbonyl (C=O) groups is 3. The highest BCUT2D eigenvalue weighted by Crippen LogP contribution is 2.17. The molecule has 29 heavy (non-hydrogen) atoms. The quantitative estimate of drug-likeness (QED) is 0.388. The molecule has 1 heterocycles. The van der Waals surface area contributed by atoms with Crippen molar-refractivity contribution in [2.24, 2.45) is 10.1 Å². The van der Waals surface area contributed by atoms with E-state index < -0.39 is 23.8 Å². The van der Waals surface area contributed by atoms with Gasteiger partial charge in [-0.3, -0.25) is 14.9 Å². The minimum absolute atomic E-state index is 0.162. The van der Waals surface area contributed by atoms with Crippen molar-refractivity contribution < 1.29 is 19.1 Å². The number of ether oxygens (including phenoxy) is 1. The predicted octanol–water partition coefficient (Wildman–Crippen LogP) is 1.28. The van der Waals surface area contributed by atoms with E-state index in [4.69, 9.17) is 4.74 Å². The number of hydrazone groups is 1. The summed E-state index contributed by atoms with van der Waals surface area (Å²) in [6.45, 7) is 0. The van der Waals surface area contributed by atoms with E-state index in [0.717, 1.165) is 5.56 Å². The molecule has 2 amide bonds. The van der Waals surface area contributed by atoms with Crippen LogP contribution in [0.4, 0.5) is 5.69 Å². The predicted molar refractivity (Wildman–Crippen MR) is 108 cm³/mol. The van der Waals surface area contributed by atoms with Crippen LogP contribution in [0.1, 0.15) is 22.3 Å². The Bertz CT molecular complexity index is 972. The van der Waals surface area contributed by atoms with E-state index in [1.165, 1.54) is 13.2 Å². The molecule has 148 valence electrons. The van der Waals surface area contributed by atoms with Gasteiger partial charge in [0.1, 0.15) is 6.04 Å². The van der Waals surface area contributed by atoms with Crippen LogP contribution < -0.4 is 16.1 Å². The first-order valence-corrected chi connectivity index (χ1v) is 8.77. The second kappa shape index (κ2) is 9.27. The van der Waals surface area contributed by atoms with Crippen LogP contribution in [0.15, 0.2) is 64.7 Å². The number of hydrogen-bond donors (Lipinski definition) is 3. The zero-order chi connectivity index (χ0) is 20.6. The van der Waals surface area contributed by atoms with Crippen LogP contribution >= 0.6 is 0 Å². The Morgan fingerprint density at radius 3 is 2.66 bits per heavy atom. The summed E-state index contributed by atoms with van der Waals surface area (Å²) in [5, 5.41) is 9.15. The molecule has 0 saturated heterocycles. The molecule has 0 unspecified atom stereocenters. The second-order valence-electron chi connectivity index (χ2n) is 6.05. The number of methoxy groups -OCH3 is 1. The second-order valence-corrected chi connectivity index (χ2v) is 6.05. The van der Waals surface area contributed by atoms with E-state index in [0.29, 0.717) is 5.69 Å². The van der Waals surface area contributed by atoms with Crippen molar-refractivity contribution >= 4 is 35.6 Å². The van der Waals surface area contributed by atoms with Crippen LogP contribution in [-0.4, -0.2) is 43.1 Å². The summed E-state index contributed by atoms with van der Waals surface area (Å²) in [5.74, 6) is -1.28. The monoisotopic (exact) mass is 393 g/mol. The van der Waals surface area contributed by atoms with Gasteiger partial charge in [-0.05, 0) is 17.7 Å². The molecular weight excluding hydrogens is 374 g/mol. The van der Waals surface area contributed by atoms with Crippen LogP contribution in [0.2, 0.25) is 0 Å². The Morgan fingerprint density at radius 1 is 1.17 bits per heavy atom. The molecule has 9 nitrogen and oxygen atoms in total. The van der Waals surface area contributed by atoms with E-state index in [1.807, 2.05) is 30.3 Å². The van der Waals surface area contributed by atoms with Gasteiger partial charge in [0.15, 0.2) is 0 Å². The van der Waals surface area contributed by atoms with Gasteiger partial charge in [-0.1, -0.05) is 42.5 Å². The number of para-hydroxylation sites is 1. The molecule has 0 saturated carbocycles. The van der Waals surface area contributed by atoms with Gasteiger partial charge in [0.25, 0.3) is 5.91 Å². The minimum Gasteiger partial charge on any atom is -0.465 e. The fourth-order valence-electron chi connectivity index (χ4n) is 2.61. The summed E-state index contributed by atoms with van der Waals surface area (Å²) in [7, 11) is 1.26. The van der Waals surface area contributed by atoms with Gasteiger partial charge in [-0.25, -0.2) is 15.2 Å². The molecule has 0 fully saturated rings. The van der Waals surface area contributed by atoms with Crippen molar-refractivity contribution in [3.63, 3.8) is 0 Å². The Hall–Kier alpha value is -4.01. The van der Waals surface area contributed by atoms with E-state index in [2.05, 4.69) is 26.2 Å².